The van der Waals surface area contributed by atoms with Gasteiger partial charge in [0.1, 0.15) is 6.73 Å². The Labute approximate surface area is 144 Å². The lowest BCUT2D eigenvalue weighted by Gasteiger charge is -2.22. The monoisotopic (exact) mass is 344 g/mol. The molecule has 0 spiro atoms. The number of nitrogens with one attached hydrogen (secondary N) is 2. The second-order valence-corrected chi connectivity index (χ2v) is 4.85. The summed E-state index contributed by atoms with van der Waals surface area (Å²) in [5.74, 6) is 0. The van der Waals surface area contributed by atoms with Crippen molar-refractivity contribution in [2.75, 3.05) is 50.4 Å². The van der Waals surface area contributed by atoms with Crippen molar-refractivity contribution >= 4 is 17.4 Å². The minimum atomic E-state index is -0.281. The molecule has 1 rings (SSSR count). The van der Waals surface area contributed by atoms with E-state index in [9.17, 15) is 4.79 Å². The zero-order valence-corrected chi connectivity index (χ0v) is 15.1. The van der Waals surface area contributed by atoms with Gasteiger partial charge in [-0.15, -0.1) is 0 Å². The van der Waals surface area contributed by atoms with Crippen molar-refractivity contribution in [2.45, 2.75) is 20.8 Å². The summed E-state index contributed by atoms with van der Waals surface area (Å²) in [6, 6.07) is 5.74. The number of benzene rings is 1. The number of hydrogen-bond acceptors (Lipinski definition) is 4. The lowest BCUT2D eigenvalue weighted by molar-refractivity contribution is -0.00000930. The minimum Gasteiger partial charge on any atom is -1.00 e. The zero-order chi connectivity index (χ0) is 16.4. The number of methoxy groups -OCH3 is 1. The summed E-state index contributed by atoms with van der Waals surface area (Å²) in [5, 5.41) is 5.46. The molecule has 6 nitrogen and oxygen atoms in total. The highest BCUT2D eigenvalue weighted by atomic mass is 35.5. The fourth-order valence-electron chi connectivity index (χ4n) is 2.07. The number of amides is 2. The second-order valence-electron chi connectivity index (χ2n) is 4.85. The Bertz CT molecular complexity index is 468. The van der Waals surface area contributed by atoms with Crippen LogP contribution in [0.25, 0.3) is 0 Å². The van der Waals surface area contributed by atoms with E-state index >= 15 is 0 Å². The van der Waals surface area contributed by atoms with Gasteiger partial charge in [-0.1, -0.05) is 0 Å². The van der Waals surface area contributed by atoms with Crippen LogP contribution in [0.4, 0.5) is 16.2 Å². The molecule has 0 fully saturated rings. The number of anilines is 2. The normalized spacial score (nSPS) is 9.91. The minimum absolute atomic E-state index is 0. The van der Waals surface area contributed by atoms with E-state index in [1.54, 1.807) is 7.11 Å². The molecule has 0 heterocycles. The van der Waals surface area contributed by atoms with Gasteiger partial charge >= 0.3 is 6.03 Å². The van der Waals surface area contributed by atoms with E-state index in [-0.39, 0.29) is 25.2 Å². The van der Waals surface area contributed by atoms with E-state index in [0.29, 0.717) is 13.2 Å². The van der Waals surface area contributed by atoms with Crippen LogP contribution in [0.15, 0.2) is 18.2 Å². The first-order valence-electron chi connectivity index (χ1n) is 7.59. The Morgan fingerprint density at radius 2 is 1.91 bits per heavy atom. The molecule has 0 bridgehead atoms. The standard InChI is InChI=1S/C16H27N3O3.ClH/c1-5-19(6-2)14-7-8-15(13(3)11-14)18-16(20)17-12-22-10-9-21-4;/h7-8,11H,5-6,9-10,12H2,1-4H3,(H2,17,18,20);1H/p-1. The number of carbonyl (C=O) groups is 1. The Kier molecular flexibility index (Phi) is 11.2. The first-order chi connectivity index (χ1) is 10.6. The van der Waals surface area contributed by atoms with Crippen LogP contribution in [0.3, 0.4) is 0 Å². The van der Waals surface area contributed by atoms with Crippen molar-refractivity contribution in [2.24, 2.45) is 0 Å². The average Bonchev–Trinajstić information content (AvgIpc) is 2.51. The number of nitrogens with zero attached hydrogens (tertiary/aromatic N) is 1. The van der Waals surface area contributed by atoms with Crippen LogP contribution in [0.5, 0.6) is 0 Å². The number of urea groups is 1. The zero-order valence-electron chi connectivity index (χ0n) is 14.3. The van der Waals surface area contributed by atoms with Crippen LogP contribution in [0.2, 0.25) is 0 Å². The fourth-order valence-corrected chi connectivity index (χ4v) is 2.07. The predicted octanol–water partition coefficient (Wildman–Crippen LogP) is -0.413. The summed E-state index contributed by atoms with van der Waals surface area (Å²) in [7, 11) is 1.61. The van der Waals surface area contributed by atoms with E-state index in [1.807, 2.05) is 19.1 Å². The molecule has 23 heavy (non-hydrogen) atoms. The topological polar surface area (TPSA) is 62.8 Å². The highest BCUT2D eigenvalue weighted by molar-refractivity contribution is 5.90. The van der Waals surface area contributed by atoms with Gasteiger partial charge in [0.15, 0.2) is 0 Å². The maximum atomic E-state index is 11.8. The summed E-state index contributed by atoms with van der Waals surface area (Å²) in [6.07, 6.45) is 0. The molecular weight excluding hydrogens is 318 g/mol. The third kappa shape index (κ3) is 7.54. The van der Waals surface area contributed by atoms with Gasteiger partial charge in [0, 0.05) is 31.6 Å². The highest BCUT2D eigenvalue weighted by Crippen LogP contribution is 2.22. The predicted molar refractivity (Wildman–Crippen MR) is 89.6 cm³/mol. The maximum Gasteiger partial charge on any atom is 0.321 e. The molecule has 132 valence electrons. The van der Waals surface area contributed by atoms with Gasteiger partial charge in [-0.25, -0.2) is 4.79 Å². The lowest BCUT2D eigenvalue weighted by atomic mass is 10.1. The van der Waals surface area contributed by atoms with Crippen LogP contribution in [-0.2, 0) is 9.47 Å². The molecule has 0 atom stereocenters. The van der Waals surface area contributed by atoms with Gasteiger partial charge in [-0.3, -0.25) is 0 Å². The summed E-state index contributed by atoms with van der Waals surface area (Å²) < 4.78 is 10.0. The summed E-state index contributed by atoms with van der Waals surface area (Å²) >= 11 is 0. The number of aryl methyl sites for hydroxylation is 1. The van der Waals surface area contributed by atoms with Gasteiger partial charge < -0.3 is 37.4 Å². The van der Waals surface area contributed by atoms with Gasteiger partial charge in [-0.2, -0.15) is 0 Å². The van der Waals surface area contributed by atoms with Crippen molar-refractivity contribution in [3.63, 3.8) is 0 Å². The molecule has 0 aromatic heterocycles. The Morgan fingerprint density at radius 3 is 2.48 bits per heavy atom. The molecule has 0 unspecified atom stereocenters. The average molecular weight is 345 g/mol. The molecule has 0 aliphatic heterocycles. The first-order valence-corrected chi connectivity index (χ1v) is 7.59. The Hall–Kier alpha value is -1.50. The highest BCUT2D eigenvalue weighted by Gasteiger charge is 2.07. The molecule has 2 N–H and O–H groups in total. The quantitative estimate of drug-likeness (QED) is 0.472. The van der Waals surface area contributed by atoms with Gasteiger partial charge in [0.25, 0.3) is 0 Å². The van der Waals surface area contributed by atoms with E-state index in [4.69, 9.17) is 9.47 Å². The molecule has 1 aromatic carbocycles. The molecule has 2 amide bonds. The van der Waals surface area contributed by atoms with Crippen LogP contribution in [-0.4, -0.2) is 46.2 Å². The van der Waals surface area contributed by atoms with Crippen LogP contribution < -0.4 is 27.9 Å². The second kappa shape index (κ2) is 12.0. The van der Waals surface area contributed by atoms with Crippen molar-refractivity contribution in [3.8, 4) is 0 Å². The molecule has 0 saturated carbocycles. The fraction of sp³-hybridized carbons (Fsp3) is 0.562. The molecule has 1 aromatic rings. The molecule has 0 aliphatic carbocycles. The number of rotatable bonds is 9. The molecule has 0 aliphatic rings. The third-order valence-electron chi connectivity index (χ3n) is 3.35. The lowest BCUT2D eigenvalue weighted by Crippen LogP contribution is -3.00. The maximum absolute atomic E-state index is 11.8. The van der Waals surface area contributed by atoms with Crippen LogP contribution in [0, 0.1) is 6.92 Å². The smallest absolute Gasteiger partial charge is 0.321 e. The molecular formula is C16H27ClN3O3-. The van der Waals surface area contributed by atoms with Crippen molar-refractivity contribution in [3.05, 3.63) is 23.8 Å². The van der Waals surface area contributed by atoms with Crippen molar-refractivity contribution in [1.29, 1.82) is 0 Å². The first kappa shape index (κ1) is 21.5. The summed E-state index contributed by atoms with van der Waals surface area (Å²) in [6.45, 7) is 9.28. The number of carbonyl (C=O) groups excluding carboxylic acids is 1. The SMILES string of the molecule is CCN(CC)c1ccc(NC(=O)NCOCCOC)c(C)c1.[Cl-]. The van der Waals surface area contributed by atoms with Crippen LogP contribution >= 0.6 is 0 Å². The Balaban J connectivity index is 0.00000484. The molecule has 0 saturated heterocycles. The Morgan fingerprint density at radius 1 is 1.22 bits per heavy atom. The van der Waals surface area contributed by atoms with Crippen molar-refractivity contribution in [1.82, 2.24) is 5.32 Å². The number of hydrogen-bond donors (Lipinski definition) is 2. The summed E-state index contributed by atoms with van der Waals surface area (Å²) in [4.78, 5) is 14.0. The molecule has 0 radical (unpaired) electrons. The number of halogens is 1. The van der Waals surface area contributed by atoms with E-state index in [0.717, 1.165) is 30.0 Å². The summed E-state index contributed by atoms with van der Waals surface area (Å²) in [5.41, 5.74) is 2.99. The largest absolute Gasteiger partial charge is 1.00 e. The number of ether oxygens (including phenoxy) is 2. The van der Waals surface area contributed by atoms with Crippen molar-refractivity contribution < 1.29 is 26.7 Å². The van der Waals surface area contributed by atoms with E-state index < -0.39 is 0 Å². The van der Waals surface area contributed by atoms with E-state index in [1.165, 1.54) is 0 Å². The third-order valence-corrected chi connectivity index (χ3v) is 3.35. The van der Waals surface area contributed by atoms with Gasteiger partial charge in [0.05, 0.1) is 13.2 Å². The van der Waals surface area contributed by atoms with Crippen LogP contribution in [0.1, 0.15) is 19.4 Å². The van der Waals surface area contributed by atoms with E-state index in [2.05, 4.69) is 35.4 Å². The van der Waals surface area contributed by atoms with Gasteiger partial charge in [0.2, 0.25) is 0 Å². The molecule has 7 heteroatoms. The van der Waals surface area contributed by atoms with Gasteiger partial charge in [-0.05, 0) is 44.5 Å².